The summed E-state index contributed by atoms with van der Waals surface area (Å²) in [6.07, 6.45) is -7.45. The second kappa shape index (κ2) is 28.8. The van der Waals surface area contributed by atoms with Crippen LogP contribution in [0.5, 0.6) is 0 Å². The van der Waals surface area contributed by atoms with Gasteiger partial charge in [0.2, 0.25) is 29.5 Å². The molecular weight excluding hydrogens is 1100 g/mol. The summed E-state index contributed by atoms with van der Waals surface area (Å²) in [5.41, 5.74) is 0.984. The molecule has 0 radical (unpaired) electrons. The number of fused-ring (bicyclic) bond motifs is 5. The van der Waals surface area contributed by atoms with E-state index < -0.39 is 138 Å². The number of unbranched alkanes of at least 4 members (excludes halogenated alkanes) is 2. The number of hydroxylamine groups is 2. The van der Waals surface area contributed by atoms with Crippen LogP contribution in [0.15, 0.2) is 23.0 Å². The molecule has 3 aromatic rings. The summed E-state index contributed by atoms with van der Waals surface area (Å²) in [4.78, 5) is 138. The molecule has 0 bridgehead atoms. The number of cyclic esters (lactones) is 1. The summed E-state index contributed by atoms with van der Waals surface area (Å²) in [5, 5.41) is 73.6. The number of imide groups is 1. The molecule has 27 nitrogen and oxygen atoms in total. The lowest BCUT2D eigenvalue weighted by atomic mass is 9.86. The number of benzene rings is 1. The van der Waals surface area contributed by atoms with Crippen LogP contribution in [0.1, 0.15) is 126 Å². The van der Waals surface area contributed by atoms with Crippen molar-refractivity contribution in [1.82, 2.24) is 41.2 Å². The maximum Gasteiger partial charge on any atom is 0.343 e. The summed E-state index contributed by atoms with van der Waals surface area (Å²) in [6, 6.07) is 0.912. The number of amides is 7. The van der Waals surface area contributed by atoms with Crippen LogP contribution in [0, 0.1) is 18.7 Å². The predicted molar refractivity (Wildman–Crippen MR) is 286 cm³/mol. The number of rotatable bonds is 30. The summed E-state index contributed by atoms with van der Waals surface area (Å²) in [6.45, 7) is 6.16. The van der Waals surface area contributed by atoms with Crippen molar-refractivity contribution in [2.75, 3.05) is 26.5 Å². The van der Waals surface area contributed by atoms with Gasteiger partial charge in [0.15, 0.2) is 5.60 Å². The number of aromatic nitrogens is 2. The quantitative estimate of drug-likeness (QED) is 0.0123. The highest BCUT2D eigenvalue weighted by molar-refractivity contribution is 6.01. The maximum absolute atomic E-state index is 15.4. The molecule has 11 N–H and O–H groups in total. The number of aryl methyl sites for hydroxylation is 1. The fourth-order valence-electron chi connectivity index (χ4n) is 9.76. The lowest BCUT2D eigenvalue weighted by Gasteiger charge is -2.31. The van der Waals surface area contributed by atoms with Crippen molar-refractivity contribution in [2.45, 2.75) is 173 Å². The van der Waals surface area contributed by atoms with E-state index >= 15 is 4.39 Å². The number of aliphatic hydroxyl groups is 6. The normalized spacial score (nSPS) is 18.0. The number of carbonyl (C=O) groups excluding carboxylic acids is 9. The minimum absolute atomic E-state index is 0.0159. The van der Waals surface area contributed by atoms with Crippen LogP contribution < -0.4 is 32.1 Å². The van der Waals surface area contributed by atoms with Gasteiger partial charge in [0, 0.05) is 67.8 Å². The van der Waals surface area contributed by atoms with Crippen LogP contribution in [0.3, 0.4) is 0 Å². The van der Waals surface area contributed by atoms with Gasteiger partial charge >= 0.3 is 11.9 Å². The Balaban J connectivity index is 0.984. The third-order valence-electron chi connectivity index (χ3n) is 14.8. The van der Waals surface area contributed by atoms with E-state index in [-0.39, 0.29) is 89.0 Å². The smallest absolute Gasteiger partial charge is 0.343 e. The summed E-state index contributed by atoms with van der Waals surface area (Å²) >= 11 is 0. The van der Waals surface area contributed by atoms with E-state index in [0.717, 1.165) is 0 Å². The van der Waals surface area contributed by atoms with Gasteiger partial charge in [-0.1, -0.05) is 20.8 Å². The van der Waals surface area contributed by atoms with Crippen LogP contribution >= 0.6 is 0 Å². The first kappa shape index (κ1) is 64.8. The SMILES string of the molecule is CC[C@@]1(O)C(=O)OCc2c1cc1n(c2=O)Cc2cc3c(CCCCOCNC(=O)[C@H](C)NC(=O)[C@@H](NC(=O)[C@H](CCC(=O)NC[C@H](O)[C@@H](O)[C@H](O)[C@H](O)CO)NC(=O)CCCCC(=O)ON4C(=O)CCC4=O)C(C)C)c(C)c(F)cc3nc2-1. The molecule has 28 heteroatoms. The van der Waals surface area contributed by atoms with Crippen molar-refractivity contribution in [3.8, 4) is 11.4 Å². The molecule has 6 rings (SSSR count). The average Bonchev–Trinajstić information content (AvgIpc) is 3.95. The summed E-state index contributed by atoms with van der Waals surface area (Å²) < 4.78 is 27.8. The molecule has 1 fully saturated rings. The Kier molecular flexibility index (Phi) is 22.5. The second-order valence-electron chi connectivity index (χ2n) is 21.2. The molecule has 7 amide bonds. The second-order valence-corrected chi connectivity index (χ2v) is 21.2. The van der Waals surface area contributed by atoms with Gasteiger partial charge in [0.05, 0.1) is 41.7 Å². The number of hydrogen-bond acceptors (Lipinski definition) is 20. The van der Waals surface area contributed by atoms with E-state index in [2.05, 4.69) is 26.6 Å². The number of pyridine rings is 2. The Labute approximate surface area is 475 Å². The van der Waals surface area contributed by atoms with Crippen molar-refractivity contribution in [2.24, 2.45) is 5.92 Å². The Bertz CT molecular complexity index is 3010. The number of aliphatic hydroxyl groups excluding tert-OH is 5. The number of ether oxygens (including phenoxy) is 2. The molecule has 0 unspecified atom stereocenters. The van der Waals surface area contributed by atoms with E-state index in [1.54, 1.807) is 33.8 Å². The molecule has 5 heterocycles. The molecule has 3 aliphatic rings. The van der Waals surface area contributed by atoms with Crippen molar-refractivity contribution < 1.29 is 92.5 Å². The topological polar surface area (TPSA) is 401 Å². The number of esters is 1. The lowest BCUT2D eigenvalue weighted by molar-refractivity contribution is -0.197. The zero-order valence-corrected chi connectivity index (χ0v) is 46.8. The van der Waals surface area contributed by atoms with Gasteiger partial charge in [-0.15, -0.1) is 5.06 Å². The highest BCUT2D eigenvalue weighted by atomic mass is 19.1. The van der Waals surface area contributed by atoms with Crippen molar-refractivity contribution in [1.29, 1.82) is 0 Å². The summed E-state index contributed by atoms with van der Waals surface area (Å²) in [7, 11) is 0. The predicted octanol–water partition coefficient (Wildman–Crippen LogP) is -1.43. The van der Waals surface area contributed by atoms with Gasteiger partial charge in [-0.2, -0.15) is 0 Å². The van der Waals surface area contributed by atoms with Gasteiger partial charge in [-0.3, -0.25) is 38.4 Å². The fraction of sp³-hybridized carbons (Fsp3) is 0.582. The van der Waals surface area contributed by atoms with E-state index in [9.17, 15) is 73.5 Å². The van der Waals surface area contributed by atoms with Crippen molar-refractivity contribution in [3.63, 3.8) is 0 Å². The van der Waals surface area contributed by atoms with Crippen molar-refractivity contribution in [3.05, 3.63) is 62.2 Å². The Morgan fingerprint density at radius 1 is 0.831 bits per heavy atom. The first-order valence-electron chi connectivity index (χ1n) is 27.5. The number of halogens is 1. The first-order chi connectivity index (χ1) is 39.3. The Hall–Kier alpha value is -7.34. The Morgan fingerprint density at radius 3 is 2.19 bits per heavy atom. The highest BCUT2D eigenvalue weighted by Gasteiger charge is 2.45. The van der Waals surface area contributed by atoms with Gasteiger partial charge in [-0.05, 0) is 88.0 Å². The van der Waals surface area contributed by atoms with E-state index in [4.69, 9.17) is 24.4 Å². The molecule has 0 saturated carbocycles. The molecule has 1 aromatic carbocycles. The molecule has 2 aromatic heterocycles. The molecule has 1 saturated heterocycles. The van der Waals surface area contributed by atoms with Gasteiger partial charge in [-0.25, -0.2) is 19.0 Å². The third kappa shape index (κ3) is 15.7. The zero-order valence-electron chi connectivity index (χ0n) is 46.8. The van der Waals surface area contributed by atoms with Gasteiger partial charge < -0.3 is 76.1 Å². The van der Waals surface area contributed by atoms with Crippen LogP contribution in [-0.4, -0.2) is 168 Å². The number of hydrogen-bond donors (Lipinski definition) is 11. The molecule has 3 aliphatic heterocycles. The van der Waals surface area contributed by atoms with Crippen molar-refractivity contribution >= 4 is 64.2 Å². The maximum atomic E-state index is 15.4. The zero-order chi connectivity index (χ0) is 61.0. The van der Waals surface area contributed by atoms with E-state index in [1.807, 2.05) is 6.07 Å². The van der Waals surface area contributed by atoms with Gasteiger partial charge in [0.1, 0.15) is 55.6 Å². The molecule has 83 heavy (non-hydrogen) atoms. The molecule has 0 aliphatic carbocycles. The highest BCUT2D eigenvalue weighted by Crippen LogP contribution is 2.39. The van der Waals surface area contributed by atoms with Crippen LogP contribution in [0.2, 0.25) is 0 Å². The lowest BCUT2D eigenvalue weighted by Crippen LogP contribution is -2.58. The van der Waals surface area contributed by atoms with Crippen LogP contribution in [-0.2, 0) is 82.6 Å². The minimum Gasteiger partial charge on any atom is -0.458 e. The monoisotopic (exact) mass is 1170 g/mol. The van der Waals surface area contributed by atoms with E-state index in [0.29, 0.717) is 63.3 Å². The summed E-state index contributed by atoms with van der Waals surface area (Å²) in [5.74, 6) is -7.93. The molecule has 8 atom stereocenters. The fourth-order valence-corrected chi connectivity index (χ4v) is 9.76. The molecule has 0 spiro atoms. The first-order valence-corrected chi connectivity index (χ1v) is 27.5. The standard InChI is InChI=1S/C55H73FN8O19/c1-6-55(80)34-20-38-47-30(23-63(38)53(78)33(34)25-82-54(55)79)19-32-31(28(4)35(56)21-37(32)61-47)11-9-10-18-81-26-58-50(75)29(5)59-52(77)46(27(2)3)62-51(76)36(14-15-41(68)57-22-39(66)48(73)49(74)40(67)24-65)60-42(69)12-7-8-13-45(72)83-64-43(70)16-17-44(64)71/h19-21,27,29,36,39-40,46,48-49,65-67,73-74,80H,6-18,22-26H2,1-5H3,(H,57,68)(H,58,75)(H,59,77)(H,60,69)(H,62,76)/t29-,36-,39-,40+,46-,48+,49+,55-/m0/s1. The molecular formula is C55H73FN8O19. The largest absolute Gasteiger partial charge is 0.458 e. The molecule has 454 valence electrons. The number of nitrogens with one attached hydrogen (secondary N) is 5. The van der Waals surface area contributed by atoms with E-state index in [1.165, 1.54) is 17.6 Å². The van der Waals surface area contributed by atoms with Crippen LogP contribution in [0.25, 0.3) is 22.3 Å². The number of carbonyl (C=O) groups is 9. The van der Waals surface area contributed by atoms with Gasteiger partial charge in [0.25, 0.3) is 17.4 Å². The van der Waals surface area contributed by atoms with Crippen LogP contribution in [0.4, 0.5) is 4.39 Å². The number of nitrogens with zero attached hydrogens (tertiary/aromatic N) is 3. The average molecular weight is 1170 g/mol. The Morgan fingerprint density at radius 2 is 1.52 bits per heavy atom. The third-order valence-corrected chi connectivity index (χ3v) is 14.8. The minimum atomic E-state index is -2.00.